The van der Waals surface area contributed by atoms with E-state index in [1.165, 1.54) is 6.07 Å². The molecule has 0 atom stereocenters. The van der Waals surface area contributed by atoms with Crippen LogP contribution in [0.1, 0.15) is 15.9 Å². The average Bonchev–Trinajstić information content (AvgIpc) is 2.69. The number of ether oxygens (including phenoxy) is 1. The van der Waals surface area contributed by atoms with Gasteiger partial charge in [-0.2, -0.15) is 22.8 Å². The van der Waals surface area contributed by atoms with Crippen molar-refractivity contribution >= 4 is 106 Å². The molecule has 0 heterocycles. The second-order valence-electron chi connectivity index (χ2n) is 5.68. The number of amides is 1. The Labute approximate surface area is 240 Å². The molecule has 0 radical (unpaired) electrons. The molecule has 10 nitrogen and oxygen atoms in total. The number of hydrogen-bond donors (Lipinski definition) is 2. The first-order valence-corrected chi connectivity index (χ1v) is 9.41. The van der Waals surface area contributed by atoms with E-state index in [1.54, 1.807) is 0 Å². The van der Waals surface area contributed by atoms with Gasteiger partial charge in [-0.1, -0.05) is 0 Å². The fourth-order valence-corrected chi connectivity index (χ4v) is 3.67. The summed E-state index contributed by atoms with van der Waals surface area (Å²) in [5, 5.41) is 31.5. The normalized spacial score (nSPS) is 10.7. The fourth-order valence-electron chi connectivity index (χ4n) is 2.29. The van der Waals surface area contributed by atoms with E-state index in [0.717, 1.165) is 18.2 Å². The van der Waals surface area contributed by atoms with Crippen molar-refractivity contribution in [1.82, 2.24) is 0 Å². The number of nitrogens with zero attached hydrogens (tertiary/aromatic N) is 3. The van der Waals surface area contributed by atoms with E-state index < -0.39 is 66.7 Å². The average molecular weight is 627 g/mol. The van der Waals surface area contributed by atoms with Gasteiger partial charge >= 0.3 is 75.3 Å². The summed E-state index contributed by atoms with van der Waals surface area (Å²) < 4.78 is 54.8. The number of nitro benzene ring substituents is 1. The Kier molecular flexibility index (Phi) is 10.4. The molecule has 0 aliphatic carbocycles. The Balaban J connectivity index is 0.00000544. The zero-order valence-electron chi connectivity index (χ0n) is 15.0. The molecule has 0 aliphatic heterocycles. The Hall–Kier alpha value is -1.68. The number of halogens is 6. The van der Waals surface area contributed by atoms with Crippen molar-refractivity contribution < 1.29 is 42.1 Å². The molecule has 0 saturated carbocycles. The van der Waals surface area contributed by atoms with Crippen LogP contribution >= 0.6 is 31.9 Å². The number of nitrogens with one attached hydrogen (secondary N) is 1. The van der Waals surface area contributed by atoms with E-state index in [4.69, 9.17) is 5.26 Å². The molecule has 2 aromatic carbocycles. The molecule has 0 bridgehead atoms. The van der Waals surface area contributed by atoms with E-state index in [2.05, 4.69) is 36.6 Å². The molecule has 0 spiro atoms. The molecule has 1 amide bonds. The summed E-state index contributed by atoms with van der Waals surface area (Å²) in [5.41, 5.74) is -3.60. The first-order chi connectivity index (χ1) is 14.8. The number of rotatable bonds is 7. The number of nitro groups is 1. The number of hydrogen-bond acceptors (Lipinski definition) is 6. The van der Waals surface area contributed by atoms with Gasteiger partial charge in [0.05, 0.1) is 31.5 Å². The third-order valence-electron chi connectivity index (χ3n) is 3.65. The number of alkyl halides is 4. The van der Waals surface area contributed by atoms with Crippen LogP contribution in [0.2, 0.25) is 0 Å². The molecule has 0 saturated heterocycles. The van der Waals surface area contributed by atoms with Gasteiger partial charge in [-0.15, -0.1) is 0 Å². The van der Waals surface area contributed by atoms with E-state index in [-0.39, 0.29) is 55.9 Å². The zero-order chi connectivity index (χ0) is 24.4. The van der Waals surface area contributed by atoms with Crippen LogP contribution < -0.4 is 10.1 Å². The van der Waals surface area contributed by atoms with Crippen LogP contribution in [0, 0.1) is 26.4 Å². The van der Waals surface area contributed by atoms with Gasteiger partial charge in [0.15, 0.2) is 0 Å². The number of anilines is 1. The first-order valence-electron chi connectivity index (χ1n) is 7.83. The van der Waals surface area contributed by atoms with Crippen LogP contribution in [0.4, 0.5) is 34.6 Å². The number of nitriles is 1. The zero-order valence-corrected chi connectivity index (χ0v) is 18.2. The topological polar surface area (TPSA) is 146 Å². The van der Waals surface area contributed by atoms with E-state index in [9.17, 15) is 42.6 Å². The summed E-state index contributed by atoms with van der Waals surface area (Å²) in [5.74, 6) is -2.13. The molecule has 2 rings (SSSR count). The van der Waals surface area contributed by atoms with Crippen LogP contribution in [0.15, 0.2) is 33.2 Å². The molecule has 0 fully saturated rings. The minimum atomic E-state index is -4.90. The Morgan fingerprint density at radius 3 is 2.30 bits per heavy atom. The SMILES string of the molecule is N#Cc1cc([N+](=O)[O-])c(NC(=O)c2c(Br)ccc(OC(F)(F)C(F)F)c2Br)c([N+](=O)O)c1.[KH]. The monoisotopic (exact) mass is 625 g/mol. The molecule has 0 aromatic heterocycles. The fraction of sp³-hybridized carbons (Fsp3) is 0.125. The predicted octanol–water partition coefficient (Wildman–Crippen LogP) is 4.63. The van der Waals surface area contributed by atoms with Gasteiger partial charge in [0, 0.05) is 16.6 Å². The van der Waals surface area contributed by atoms with Crippen molar-refractivity contribution in [3.05, 3.63) is 59.4 Å². The van der Waals surface area contributed by atoms with Crippen molar-refractivity contribution in [1.29, 1.82) is 5.26 Å². The van der Waals surface area contributed by atoms with Gasteiger partial charge < -0.3 is 10.1 Å². The summed E-state index contributed by atoms with van der Waals surface area (Å²) in [4.78, 5) is 33.6. The van der Waals surface area contributed by atoms with Gasteiger partial charge in [0.25, 0.3) is 10.8 Å². The summed E-state index contributed by atoms with van der Waals surface area (Å²) in [7, 11) is 0. The van der Waals surface area contributed by atoms with E-state index in [0.29, 0.717) is 6.07 Å². The van der Waals surface area contributed by atoms with Crippen LogP contribution in [-0.2, 0) is 0 Å². The summed E-state index contributed by atoms with van der Waals surface area (Å²) >= 11 is 5.71. The number of carbonyl (C=O) groups is 1. The second-order valence-corrected chi connectivity index (χ2v) is 7.33. The van der Waals surface area contributed by atoms with Crippen LogP contribution in [0.25, 0.3) is 0 Å². The van der Waals surface area contributed by atoms with Crippen molar-refractivity contribution in [3.8, 4) is 11.8 Å². The second kappa shape index (κ2) is 11.6. The molecule has 2 aromatic rings. The quantitative estimate of drug-likeness (QED) is 0.197. The molecule has 170 valence electrons. The van der Waals surface area contributed by atoms with Crippen LogP contribution in [0.3, 0.4) is 0 Å². The minimum absolute atomic E-state index is 0. The summed E-state index contributed by atoms with van der Waals surface area (Å²) in [6.45, 7) is 0. The molecule has 17 heteroatoms. The maximum atomic E-state index is 13.3. The number of benzene rings is 2. The van der Waals surface area contributed by atoms with Crippen molar-refractivity contribution in [2.75, 3.05) is 5.32 Å². The van der Waals surface area contributed by atoms with Crippen LogP contribution in [0.5, 0.6) is 5.75 Å². The molecule has 0 aliphatic rings. The van der Waals surface area contributed by atoms with Crippen molar-refractivity contribution in [2.45, 2.75) is 12.5 Å². The van der Waals surface area contributed by atoms with Gasteiger partial charge in [0.1, 0.15) is 5.75 Å². The Morgan fingerprint density at radius 2 is 1.82 bits per heavy atom. The Bertz CT molecular complexity index is 1140. The third-order valence-corrected chi connectivity index (χ3v) is 5.10. The standard InChI is InChI=1S/C16H6Br2F4N4O6.K.H/c17-7-1-2-10(32-16(21,22)15(19)20)12(18)11(7)14(27)24-13-8(25(28)29)3-6(5-23)4-9(13)26(30)31;;/h1-4,15H,(H-,24,27,28,29);;/p+1. The predicted molar refractivity (Wildman–Crippen MR) is 111 cm³/mol. The van der Waals surface area contributed by atoms with Gasteiger partial charge in [-0.05, 0) is 44.0 Å². The van der Waals surface area contributed by atoms with Crippen molar-refractivity contribution in [3.63, 3.8) is 0 Å². The molecular formula is C16H8Br2F4KN4O6+. The first kappa shape index (κ1) is 29.3. The van der Waals surface area contributed by atoms with Gasteiger partial charge in [-0.3, -0.25) is 14.9 Å². The van der Waals surface area contributed by atoms with Crippen molar-refractivity contribution in [2.24, 2.45) is 0 Å². The van der Waals surface area contributed by atoms with Gasteiger partial charge in [0.2, 0.25) is 5.69 Å². The molecular weight excluding hydrogens is 619 g/mol. The van der Waals surface area contributed by atoms with Crippen LogP contribution in [-0.4, -0.2) is 84.9 Å². The molecule has 0 unspecified atom stereocenters. The van der Waals surface area contributed by atoms with E-state index in [1.807, 2.05) is 5.32 Å². The number of carbonyl (C=O) groups excluding carboxylic acids is 1. The maximum absolute atomic E-state index is 13.3. The van der Waals surface area contributed by atoms with Gasteiger partial charge in [-0.25, -0.2) is 5.21 Å². The molecule has 33 heavy (non-hydrogen) atoms. The summed E-state index contributed by atoms with van der Waals surface area (Å²) in [6, 6.07) is 4.80. The molecule has 2 N–H and O–H groups in total. The Morgan fingerprint density at radius 1 is 1.24 bits per heavy atom. The van der Waals surface area contributed by atoms with E-state index >= 15 is 0 Å². The third kappa shape index (κ3) is 6.68. The summed E-state index contributed by atoms with van der Waals surface area (Å²) in [6.07, 6.45) is -9.09.